The highest BCUT2D eigenvalue weighted by molar-refractivity contribution is 5.60. The van der Waals surface area contributed by atoms with Crippen LogP contribution in [-0.4, -0.2) is 87.9 Å². The van der Waals surface area contributed by atoms with Gasteiger partial charge in [-0.05, 0) is 32.6 Å². The summed E-state index contributed by atoms with van der Waals surface area (Å²) in [7, 11) is 0. The molecule has 0 aromatic rings. The summed E-state index contributed by atoms with van der Waals surface area (Å²) < 4.78 is 11.4. The fraction of sp³-hybridized carbons (Fsp3) is 0.972. The lowest BCUT2D eigenvalue weighted by Crippen LogP contribution is -2.72. The van der Waals surface area contributed by atoms with Crippen molar-refractivity contribution in [1.82, 2.24) is 0 Å². The Morgan fingerprint density at radius 3 is 1.27 bits per heavy atom. The molecule has 0 bridgehead atoms. The molecule has 0 aromatic carbocycles. The zero-order chi connectivity index (χ0) is 32.5. The molecular weight excluding hydrogens is 558 g/mol. The highest BCUT2D eigenvalue weighted by atomic mass is 16.6. The Kier molecular flexibility index (Phi) is 24.7. The van der Waals surface area contributed by atoms with Gasteiger partial charge in [0.05, 0.1) is 26.3 Å². The van der Waals surface area contributed by atoms with Crippen LogP contribution in [0.15, 0.2) is 0 Å². The first-order chi connectivity index (χ1) is 21.4. The molecule has 8 nitrogen and oxygen atoms in total. The average Bonchev–Trinajstić information content (AvgIpc) is 3.02. The van der Waals surface area contributed by atoms with E-state index in [1.54, 1.807) is 6.92 Å². The molecule has 1 aliphatic rings. The maximum absolute atomic E-state index is 13.7. The Morgan fingerprint density at radius 1 is 0.568 bits per heavy atom. The molecule has 4 N–H and O–H groups in total. The maximum atomic E-state index is 13.7. The van der Waals surface area contributed by atoms with Gasteiger partial charge in [0.2, 0.25) is 6.23 Å². The van der Waals surface area contributed by atoms with E-state index in [9.17, 15) is 25.2 Å². The van der Waals surface area contributed by atoms with Gasteiger partial charge in [0, 0.05) is 0 Å². The van der Waals surface area contributed by atoms with Crippen LogP contribution in [-0.2, 0) is 9.47 Å². The van der Waals surface area contributed by atoms with Gasteiger partial charge in [0.25, 0.3) is 0 Å². The van der Waals surface area contributed by atoms with Crippen LogP contribution >= 0.6 is 0 Å². The molecular formula is C36H72NO7+. The number of amides is 1. The molecule has 1 heterocycles. The van der Waals surface area contributed by atoms with Crippen molar-refractivity contribution in [2.45, 2.75) is 199 Å². The van der Waals surface area contributed by atoms with E-state index in [4.69, 9.17) is 9.47 Å². The zero-order valence-electron chi connectivity index (χ0n) is 28.9. The fourth-order valence-corrected chi connectivity index (χ4v) is 6.69. The highest BCUT2D eigenvalue weighted by Gasteiger charge is 2.57. The molecule has 8 heteroatoms. The molecule has 0 aliphatic carbocycles. The Bertz CT molecular complexity index is 679. The van der Waals surface area contributed by atoms with Crippen LogP contribution in [0.2, 0.25) is 0 Å². The number of unbranched alkanes of at least 4 members (excludes halogenated alkanes) is 21. The maximum Gasteiger partial charge on any atom is 0.518 e. The van der Waals surface area contributed by atoms with E-state index in [2.05, 4.69) is 13.8 Å². The van der Waals surface area contributed by atoms with E-state index < -0.39 is 43.3 Å². The SMILES string of the molecule is CCCCCCCCCCCCCCC[N+](CCCCCCCCCCCC)(C(=O)OCC)C1O[C@H](CO)[C@@H](O)[C@H](O)[C@H]1O. The van der Waals surface area contributed by atoms with Crippen molar-refractivity contribution >= 4 is 6.09 Å². The average molecular weight is 631 g/mol. The molecule has 0 saturated carbocycles. The first-order valence-corrected chi connectivity index (χ1v) is 18.7. The van der Waals surface area contributed by atoms with Crippen molar-refractivity contribution in [3.63, 3.8) is 0 Å². The van der Waals surface area contributed by atoms with Gasteiger partial charge < -0.3 is 29.9 Å². The van der Waals surface area contributed by atoms with Crippen LogP contribution in [0, 0.1) is 0 Å². The minimum atomic E-state index is -1.52. The van der Waals surface area contributed by atoms with Crippen LogP contribution in [0.5, 0.6) is 0 Å². The Hall–Kier alpha value is -0.770. The van der Waals surface area contributed by atoms with Crippen molar-refractivity contribution in [3.05, 3.63) is 0 Å². The lowest BCUT2D eigenvalue weighted by atomic mass is 9.96. The second kappa shape index (κ2) is 26.3. The van der Waals surface area contributed by atoms with Crippen LogP contribution in [0.4, 0.5) is 4.79 Å². The molecule has 0 aromatic heterocycles. The second-order valence-electron chi connectivity index (χ2n) is 13.3. The molecule has 1 aliphatic heterocycles. The van der Waals surface area contributed by atoms with Crippen LogP contribution in [0.25, 0.3) is 0 Å². The van der Waals surface area contributed by atoms with Crippen LogP contribution in [0.1, 0.15) is 168 Å². The minimum absolute atomic E-state index is 0.201. The van der Waals surface area contributed by atoms with E-state index in [1.165, 1.54) is 109 Å². The van der Waals surface area contributed by atoms with Crippen LogP contribution in [0.3, 0.4) is 0 Å². The summed E-state index contributed by atoms with van der Waals surface area (Å²) in [5, 5.41) is 42.0. The smallest absolute Gasteiger partial charge is 0.420 e. The highest BCUT2D eigenvalue weighted by Crippen LogP contribution is 2.32. The largest absolute Gasteiger partial charge is 0.518 e. The third-order valence-corrected chi connectivity index (χ3v) is 9.56. The molecule has 262 valence electrons. The monoisotopic (exact) mass is 631 g/mol. The number of ether oxygens (including phenoxy) is 2. The molecule has 1 fully saturated rings. The number of nitrogens with zero attached hydrogens (tertiary/aromatic N) is 1. The fourth-order valence-electron chi connectivity index (χ4n) is 6.69. The number of rotatable bonds is 28. The number of carbonyl (C=O) groups excluding carboxylic acids is 1. The van der Waals surface area contributed by atoms with Crippen molar-refractivity contribution < 1.29 is 39.2 Å². The predicted octanol–water partition coefficient (Wildman–Crippen LogP) is 7.77. The van der Waals surface area contributed by atoms with Gasteiger partial charge in [0.15, 0.2) is 6.10 Å². The van der Waals surface area contributed by atoms with Crippen molar-refractivity contribution in [3.8, 4) is 0 Å². The summed E-state index contributed by atoms with van der Waals surface area (Å²) in [6, 6.07) is 0. The van der Waals surface area contributed by atoms with Crippen LogP contribution < -0.4 is 0 Å². The molecule has 6 atom stereocenters. The molecule has 1 rings (SSSR count). The molecule has 0 radical (unpaired) electrons. The van der Waals surface area contributed by atoms with E-state index >= 15 is 0 Å². The second-order valence-corrected chi connectivity index (χ2v) is 13.3. The van der Waals surface area contributed by atoms with Gasteiger partial charge >= 0.3 is 6.09 Å². The molecule has 44 heavy (non-hydrogen) atoms. The molecule has 2 unspecified atom stereocenters. The quantitative estimate of drug-likeness (QED) is 0.0515. The normalized spacial score (nSPS) is 23.5. The molecule has 0 spiro atoms. The summed E-state index contributed by atoms with van der Waals surface area (Å²) in [5.74, 6) is 0. The van der Waals surface area contributed by atoms with Crippen molar-refractivity contribution in [2.24, 2.45) is 0 Å². The van der Waals surface area contributed by atoms with Crippen molar-refractivity contribution in [1.29, 1.82) is 0 Å². The Labute approximate surface area is 270 Å². The van der Waals surface area contributed by atoms with Gasteiger partial charge in [-0.2, -0.15) is 9.28 Å². The lowest BCUT2D eigenvalue weighted by Gasteiger charge is -2.48. The van der Waals surface area contributed by atoms with Crippen molar-refractivity contribution in [2.75, 3.05) is 26.3 Å². The summed E-state index contributed by atoms with van der Waals surface area (Å²) in [6.45, 7) is 6.80. The number of aliphatic hydroxyl groups is 4. The van der Waals surface area contributed by atoms with E-state index in [0.29, 0.717) is 13.1 Å². The number of quaternary nitrogens is 1. The first kappa shape index (κ1) is 41.3. The standard InChI is InChI=1S/C36H72NO7/c1-4-7-9-11-13-15-17-18-19-21-23-25-27-29-37(36(42)43-6-3,28-26-24-22-20-16-14-12-10-8-5-2)35-34(41)33(40)32(39)31(30-38)44-35/h31-35,38-41H,4-30H2,1-3H3/q+1/t31-,32-,33+,34-,35?,37?/m1/s1. The molecule has 1 saturated heterocycles. The van der Waals surface area contributed by atoms with Gasteiger partial charge in [0.1, 0.15) is 18.3 Å². The minimum Gasteiger partial charge on any atom is -0.420 e. The number of aliphatic hydroxyl groups excluding tert-OH is 4. The van der Waals surface area contributed by atoms with Gasteiger partial charge in [-0.15, -0.1) is 0 Å². The predicted molar refractivity (Wildman–Crippen MR) is 178 cm³/mol. The molecule has 1 amide bonds. The number of hydrogen-bond donors (Lipinski definition) is 4. The number of carbonyl (C=O) groups is 1. The lowest BCUT2D eigenvalue weighted by molar-refractivity contribution is -0.915. The topological polar surface area (TPSA) is 116 Å². The van der Waals surface area contributed by atoms with E-state index in [1.807, 2.05) is 0 Å². The Morgan fingerprint density at radius 2 is 0.932 bits per heavy atom. The van der Waals surface area contributed by atoms with E-state index in [0.717, 1.165) is 38.5 Å². The third-order valence-electron chi connectivity index (χ3n) is 9.56. The van der Waals surface area contributed by atoms with Gasteiger partial charge in [-0.1, -0.05) is 136 Å². The summed E-state index contributed by atoms with van der Waals surface area (Å²) in [6.07, 6.45) is 20.5. The third kappa shape index (κ3) is 15.7. The summed E-state index contributed by atoms with van der Waals surface area (Å²) in [4.78, 5) is 13.7. The van der Waals surface area contributed by atoms with E-state index in [-0.39, 0.29) is 11.1 Å². The zero-order valence-corrected chi connectivity index (χ0v) is 28.9. The number of hydrogen-bond acceptors (Lipinski definition) is 7. The Balaban J connectivity index is 2.73. The van der Waals surface area contributed by atoms with Gasteiger partial charge in [-0.25, -0.2) is 0 Å². The summed E-state index contributed by atoms with van der Waals surface area (Å²) in [5.41, 5.74) is 0. The summed E-state index contributed by atoms with van der Waals surface area (Å²) >= 11 is 0. The van der Waals surface area contributed by atoms with Gasteiger partial charge in [-0.3, -0.25) is 0 Å². The first-order valence-electron chi connectivity index (χ1n) is 18.7.